The number of fused-ring (bicyclic) bond motifs is 1. The fraction of sp³-hybridized carbons (Fsp3) is 0.407. The Morgan fingerprint density at radius 3 is 2.33 bits per heavy atom. The SMILES string of the molecule is C=CC1CCC2CC(c3ccc(C#Cc4ccc(C)cc4F)c(F)c3F)CCC2C1. The van der Waals surface area contributed by atoms with Crippen molar-refractivity contribution in [2.45, 2.75) is 51.4 Å². The topological polar surface area (TPSA) is 0 Å². The maximum atomic E-state index is 14.9. The molecule has 3 heteroatoms. The molecule has 0 bridgehead atoms. The molecule has 156 valence electrons. The number of allylic oxidation sites excluding steroid dienone is 1. The number of hydrogen-bond donors (Lipinski definition) is 0. The molecule has 0 amide bonds. The Morgan fingerprint density at radius 1 is 0.867 bits per heavy atom. The maximum Gasteiger partial charge on any atom is 0.174 e. The van der Waals surface area contributed by atoms with Gasteiger partial charge in [0.05, 0.1) is 11.1 Å². The second kappa shape index (κ2) is 8.72. The second-order valence-electron chi connectivity index (χ2n) is 8.90. The molecule has 2 aliphatic carbocycles. The van der Waals surface area contributed by atoms with Gasteiger partial charge < -0.3 is 0 Å². The average molecular weight is 409 g/mol. The largest absolute Gasteiger partial charge is 0.206 e. The number of rotatable bonds is 2. The van der Waals surface area contributed by atoms with E-state index >= 15 is 0 Å². The van der Waals surface area contributed by atoms with Crippen molar-refractivity contribution in [1.29, 1.82) is 0 Å². The summed E-state index contributed by atoms with van der Waals surface area (Å²) in [7, 11) is 0. The molecule has 2 saturated carbocycles. The van der Waals surface area contributed by atoms with Gasteiger partial charge in [0.2, 0.25) is 0 Å². The standard InChI is InChI=1S/C27H27F3/c1-3-18-5-7-22-16-23(11-10-21(22)15-18)24-13-12-20(26(29)27(24)30)9-8-19-6-4-17(2)14-25(19)28/h3-4,6,12-14,18,21-23H,1,5,7,10-11,15-16H2,2H3. The lowest BCUT2D eigenvalue weighted by atomic mass is 9.64. The minimum Gasteiger partial charge on any atom is -0.206 e. The van der Waals surface area contributed by atoms with Crippen LogP contribution in [0.15, 0.2) is 43.0 Å². The molecular formula is C27H27F3. The fourth-order valence-corrected chi connectivity index (χ4v) is 5.25. The Bertz CT molecular complexity index is 1010. The van der Waals surface area contributed by atoms with Crippen LogP contribution in [0.25, 0.3) is 0 Å². The first-order valence-electron chi connectivity index (χ1n) is 10.8. The molecule has 2 fully saturated rings. The molecule has 2 aliphatic rings. The summed E-state index contributed by atoms with van der Waals surface area (Å²) in [5, 5.41) is 0. The summed E-state index contributed by atoms with van der Waals surface area (Å²) in [4.78, 5) is 0. The quantitative estimate of drug-likeness (QED) is 0.361. The van der Waals surface area contributed by atoms with Crippen LogP contribution < -0.4 is 0 Å². The van der Waals surface area contributed by atoms with Crippen molar-refractivity contribution in [3.63, 3.8) is 0 Å². The van der Waals surface area contributed by atoms with E-state index in [2.05, 4.69) is 24.5 Å². The van der Waals surface area contributed by atoms with Crippen molar-refractivity contribution in [3.05, 3.63) is 82.7 Å². The highest BCUT2D eigenvalue weighted by Crippen LogP contribution is 2.48. The predicted molar refractivity (Wildman–Crippen MR) is 115 cm³/mol. The first-order valence-corrected chi connectivity index (χ1v) is 10.8. The summed E-state index contributed by atoms with van der Waals surface area (Å²) in [5.74, 6) is 4.98. The molecule has 0 radical (unpaired) electrons. The van der Waals surface area contributed by atoms with Gasteiger partial charge in [0, 0.05) is 0 Å². The first kappa shape index (κ1) is 20.8. The molecule has 4 atom stereocenters. The van der Waals surface area contributed by atoms with Crippen LogP contribution in [0.2, 0.25) is 0 Å². The van der Waals surface area contributed by atoms with Gasteiger partial charge in [-0.25, -0.2) is 13.2 Å². The van der Waals surface area contributed by atoms with E-state index in [-0.39, 0.29) is 17.0 Å². The Kier molecular flexibility index (Phi) is 6.04. The van der Waals surface area contributed by atoms with Gasteiger partial charge in [-0.1, -0.05) is 30.0 Å². The summed E-state index contributed by atoms with van der Waals surface area (Å²) >= 11 is 0. The van der Waals surface area contributed by atoms with E-state index in [4.69, 9.17) is 0 Å². The third kappa shape index (κ3) is 4.19. The first-order chi connectivity index (χ1) is 14.5. The molecule has 0 aliphatic heterocycles. The number of hydrogen-bond acceptors (Lipinski definition) is 0. The number of benzene rings is 2. The lowest BCUT2D eigenvalue weighted by Crippen LogP contribution is -2.30. The van der Waals surface area contributed by atoms with Crippen LogP contribution in [0.1, 0.15) is 66.7 Å². The Hall–Kier alpha value is -2.47. The summed E-state index contributed by atoms with van der Waals surface area (Å²) in [6.45, 7) is 5.72. The van der Waals surface area contributed by atoms with E-state index in [1.165, 1.54) is 18.6 Å². The zero-order chi connectivity index (χ0) is 21.3. The van der Waals surface area contributed by atoms with Crippen LogP contribution in [-0.4, -0.2) is 0 Å². The summed E-state index contributed by atoms with van der Waals surface area (Å²) in [6, 6.07) is 7.89. The molecule has 0 aromatic heterocycles. The molecule has 0 spiro atoms. The Morgan fingerprint density at radius 2 is 1.57 bits per heavy atom. The van der Waals surface area contributed by atoms with Crippen LogP contribution in [-0.2, 0) is 0 Å². The zero-order valence-corrected chi connectivity index (χ0v) is 17.4. The van der Waals surface area contributed by atoms with E-state index in [1.807, 2.05) is 0 Å². The highest BCUT2D eigenvalue weighted by molar-refractivity contribution is 5.46. The van der Waals surface area contributed by atoms with E-state index < -0.39 is 17.5 Å². The molecule has 4 rings (SSSR count). The van der Waals surface area contributed by atoms with Crippen molar-refractivity contribution < 1.29 is 13.2 Å². The van der Waals surface area contributed by atoms with Gasteiger partial charge in [-0.3, -0.25) is 0 Å². The molecular weight excluding hydrogens is 381 g/mol. The molecule has 2 aromatic rings. The third-order valence-corrected chi connectivity index (χ3v) is 7.00. The van der Waals surface area contributed by atoms with Crippen LogP contribution in [0.3, 0.4) is 0 Å². The summed E-state index contributed by atoms with van der Waals surface area (Å²) < 4.78 is 43.6. The highest BCUT2D eigenvalue weighted by Gasteiger charge is 2.36. The smallest absolute Gasteiger partial charge is 0.174 e. The highest BCUT2D eigenvalue weighted by atomic mass is 19.2. The van der Waals surface area contributed by atoms with Crippen LogP contribution in [0, 0.1) is 54.0 Å². The second-order valence-corrected chi connectivity index (χ2v) is 8.90. The monoisotopic (exact) mass is 408 g/mol. The average Bonchev–Trinajstić information content (AvgIpc) is 2.75. The van der Waals surface area contributed by atoms with Gasteiger partial charge in [-0.2, -0.15) is 0 Å². The van der Waals surface area contributed by atoms with Gasteiger partial charge >= 0.3 is 0 Å². The van der Waals surface area contributed by atoms with Crippen molar-refractivity contribution in [2.24, 2.45) is 17.8 Å². The lowest BCUT2D eigenvalue weighted by molar-refractivity contribution is 0.132. The summed E-state index contributed by atoms with van der Waals surface area (Å²) in [6.07, 6.45) is 8.42. The fourth-order valence-electron chi connectivity index (χ4n) is 5.25. The molecule has 0 N–H and O–H groups in total. The molecule has 0 saturated heterocycles. The van der Waals surface area contributed by atoms with E-state index in [0.717, 1.165) is 37.7 Å². The van der Waals surface area contributed by atoms with Gasteiger partial charge in [0.25, 0.3) is 0 Å². The van der Waals surface area contributed by atoms with Crippen LogP contribution in [0.5, 0.6) is 0 Å². The minimum atomic E-state index is -0.926. The third-order valence-electron chi connectivity index (χ3n) is 7.00. The van der Waals surface area contributed by atoms with Gasteiger partial charge in [-0.15, -0.1) is 6.58 Å². The molecule has 4 unspecified atom stereocenters. The Labute approximate surface area is 177 Å². The van der Waals surface area contributed by atoms with Crippen molar-refractivity contribution in [3.8, 4) is 11.8 Å². The van der Waals surface area contributed by atoms with E-state index in [1.54, 1.807) is 25.1 Å². The maximum absolute atomic E-state index is 14.9. The zero-order valence-electron chi connectivity index (χ0n) is 17.4. The predicted octanol–water partition coefficient (Wildman–Crippen LogP) is 7.30. The van der Waals surface area contributed by atoms with Crippen molar-refractivity contribution in [2.75, 3.05) is 0 Å². The lowest BCUT2D eigenvalue weighted by Gasteiger charge is -2.41. The molecule has 0 heterocycles. The van der Waals surface area contributed by atoms with Crippen molar-refractivity contribution >= 4 is 0 Å². The molecule has 30 heavy (non-hydrogen) atoms. The summed E-state index contributed by atoms with van der Waals surface area (Å²) in [5.41, 5.74) is 1.39. The van der Waals surface area contributed by atoms with Gasteiger partial charge in [0.1, 0.15) is 5.82 Å². The molecule has 2 aromatic carbocycles. The van der Waals surface area contributed by atoms with E-state index in [0.29, 0.717) is 23.3 Å². The van der Waals surface area contributed by atoms with Gasteiger partial charge in [0.15, 0.2) is 11.6 Å². The molecule has 0 nitrogen and oxygen atoms in total. The van der Waals surface area contributed by atoms with Crippen LogP contribution in [0.4, 0.5) is 13.2 Å². The number of halogens is 3. The van der Waals surface area contributed by atoms with Crippen molar-refractivity contribution in [1.82, 2.24) is 0 Å². The normalized spacial score (nSPS) is 25.7. The van der Waals surface area contributed by atoms with Crippen LogP contribution >= 0.6 is 0 Å². The Balaban J connectivity index is 1.53. The number of aryl methyl sites for hydroxylation is 1. The van der Waals surface area contributed by atoms with Gasteiger partial charge in [-0.05, 0) is 98.4 Å². The minimum absolute atomic E-state index is 0.0311. The van der Waals surface area contributed by atoms with E-state index in [9.17, 15) is 13.2 Å².